The zero-order valence-electron chi connectivity index (χ0n) is 13.9. The van der Waals surface area contributed by atoms with Crippen LogP contribution in [0.25, 0.3) is 0 Å². The first-order chi connectivity index (χ1) is 11.8. The molecule has 0 amide bonds. The molecular weight excluding hydrogens is 318 g/mol. The summed E-state index contributed by atoms with van der Waals surface area (Å²) in [6, 6.07) is 8.98. The molecule has 1 aliphatic heterocycles. The molecule has 5 heteroatoms. The van der Waals surface area contributed by atoms with Gasteiger partial charge in [0.25, 0.3) is 0 Å². The molecule has 3 rings (SSSR count). The number of hydrogen-bond acceptors (Lipinski definition) is 5. The third-order valence-electron chi connectivity index (χ3n) is 4.35. The number of terminal acetylenes is 1. The molecule has 24 heavy (non-hydrogen) atoms. The Hall–Kier alpha value is -2.03. The lowest BCUT2D eigenvalue weighted by Crippen LogP contribution is -2.43. The largest absolute Gasteiger partial charge is 0.481 e. The first kappa shape index (κ1) is 16.8. The molecule has 1 aromatic heterocycles. The summed E-state index contributed by atoms with van der Waals surface area (Å²) in [4.78, 5) is 6.78. The maximum atomic E-state index is 5.52. The van der Waals surface area contributed by atoms with Crippen LogP contribution in [0.1, 0.15) is 31.4 Å². The van der Waals surface area contributed by atoms with Gasteiger partial charge in [0.1, 0.15) is 12.4 Å². The molecular formula is C19H23N3OS. The maximum Gasteiger partial charge on any atom is 0.185 e. The summed E-state index contributed by atoms with van der Waals surface area (Å²) >= 11 is 1.72. The van der Waals surface area contributed by atoms with Gasteiger partial charge in [0.2, 0.25) is 0 Å². The van der Waals surface area contributed by atoms with Crippen LogP contribution in [0.5, 0.6) is 5.75 Å². The van der Waals surface area contributed by atoms with Gasteiger partial charge in [0.05, 0.1) is 0 Å². The van der Waals surface area contributed by atoms with E-state index in [9.17, 15) is 0 Å². The van der Waals surface area contributed by atoms with Crippen LogP contribution in [-0.4, -0.2) is 30.7 Å². The molecule has 0 bridgehead atoms. The van der Waals surface area contributed by atoms with E-state index in [-0.39, 0.29) is 6.04 Å². The minimum Gasteiger partial charge on any atom is -0.481 e. The summed E-state index contributed by atoms with van der Waals surface area (Å²) in [5, 5.41) is 6.92. The summed E-state index contributed by atoms with van der Waals surface area (Å²) in [6.07, 6.45) is 9.40. The summed E-state index contributed by atoms with van der Waals surface area (Å²) in [5.74, 6) is 3.33. The molecule has 2 heterocycles. The van der Waals surface area contributed by atoms with Crippen LogP contribution in [0.4, 0.5) is 5.13 Å². The standard InChI is InChI=1S/C19H23N3OS/c1-3-12-23-18-6-4-5-16(14-18)15(2)21-17-7-10-22(11-8-17)19-20-9-13-24-19/h1,4-6,9,13-15,17,21H,7-8,10-12H2,2H3. The Morgan fingerprint density at radius 2 is 2.29 bits per heavy atom. The Bertz CT molecular complexity index is 672. The zero-order chi connectivity index (χ0) is 16.8. The third kappa shape index (κ3) is 4.28. The van der Waals surface area contributed by atoms with Crippen molar-refractivity contribution in [3.63, 3.8) is 0 Å². The van der Waals surface area contributed by atoms with E-state index in [2.05, 4.69) is 40.2 Å². The maximum absolute atomic E-state index is 5.52. The van der Waals surface area contributed by atoms with Crippen molar-refractivity contribution in [2.45, 2.75) is 31.8 Å². The monoisotopic (exact) mass is 341 g/mol. The minimum absolute atomic E-state index is 0.288. The molecule has 0 radical (unpaired) electrons. The normalized spacial score (nSPS) is 16.6. The van der Waals surface area contributed by atoms with E-state index in [0.717, 1.165) is 36.8 Å². The summed E-state index contributed by atoms with van der Waals surface area (Å²) in [6.45, 7) is 4.63. The first-order valence-electron chi connectivity index (χ1n) is 8.33. The van der Waals surface area contributed by atoms with Gasteiger partial charge in [-0.2, -0.15) is 0 Å². The summed E-state index contributed by atoms with van der Waals surface area (Å²) in [5.41, 5.74) is 1.23. The average molecular weight is 341 g/mol. The van der Waals surface area contributed by atoms with E-state index < -0.39 is 0 Å². The van der Waals surface area contributed by atoms with Gasteiger partial charge in [0, 0.05) is 36.8 Å². The van der Waals surface area contributed by atoms with Crippen molar-refractivity contribution in [2.75, 3.05) is 24.6 Å². The van der Waals surface area contributed by atoms with Gasteiger partial charge >= 0.3 is 0 Å². The van der Waals surface area contributed by atoms with Crippen LogP contribution >= 0.6 is 11.3 Å². The third-order valence-corrected chi connectivity index (χ3v) is 5.18. The lowest BCUT2D eigenvalue weighted by atomic mass is 10.0. The quantitative estimate of drug-likeness (QED) is 0.817. The average Bonchev–Trinajstić information content (AvgIpc) is 3.15. The van der Waals surface area contributed by atoms with Crippen molar-refractivity contribution in [2.24, 2.45) is 0 Å². The van der Waals surface area contributed by atoms with Crippen molar-refractivity contribution >= 4 is 16.5 Å². The highest BCUT2D eigenvalue weighted by Crippen LogP contribution is 2.24. The van der Waals surface area contributed by atoms with E-state index in [1.807, 2.05) is 23.7 Å². The number of aromatic nitrogens is 1. The molecule has 0 aliphatic carbocycles. The Kier molecular flexibility index (Phi) is 5.73. The van der Waals surface area contributed by atoms with Crippen LogP contribution in [0.15, 0.2) is 35.8 Å². The Morgan fingerprint density at radius 3 is 3.00 bits per heavy atom. The fourth-order valence-corrected chi connectivity index (χ4v) is 3.75. The van der Waals surface area contributed by atoms with E-state index >= 15 is 0 Å². The van der Waals surface area contributed by atoms with Crippen molar-refractivity contribution in [1.82, 2.24) is 10.3 Å². The van der Waals surface area contributed by atoms with Crippen LogP contribution in [0.2, 0.25) is 0 Å². The molecule has 1 aromatic carbocycles. The number of nitrogens with one attached hydrogen (secondary N) is 1. The highest BCUT2D eigenvalue weighted by molar-refractivity contribution is 7.13. The minimum atomic E-state index is 0.288. The Balaban J connectivity index is 1.52. The van der Waals surface area contributed by atoms with Crippen molar-refractivity contribution in [3.8, 4) is 18.1 Å². The first-order valence-corrected chi connectivity index (χ1v) is 9.21. The van der Waals surface area contributed by atoms with Crippen molar-refractivity contribution < 1.29 is 4.74 Å². The van der Waals surface area contributed by atoms with E-state index in [4.69, 9.17) is 11.2 Å². The number of nitrogens with zero attached hydrogens (tertiary/aromatic N) is 2. The molecule has 0 spiro atoms. The lowest BCUT2D eigenvalue weighted by molar-refractivity contribution is 0.365. The van der Waals surface area contributed by atoms with Crippen LogP contribution < -0.4 is 15.0 Å². The van der Waals surface area contributed by atoms with E-state index in [0.29, 0.717) is 12.6 Å². The molecule has 1 fully saturated rings. The molecule has 2 aromatic rings. The van der Waals surface area contributed by atoms with E-state index in [1.165, 1.54) is 5.56 Å². The Morgan fingerprint density at radius 1 is 1.46 bits per heavy atom. The second-order valence-electron chi connectivity index (χ2n) is 6.03. The number of benzene rings is 1. The number of hydrogen-bond donors (Lipinski definition) is 1. The van der Waals surface area contributed by atoms with Gasteiger partial charge in [-0.05, 0) is 37.5 Å². The van der Waals surface area contributed by atoms with E-state index in [1.54, 1.807) is 11.3 Å². The van der Waals surface area contributed by atoms with Crippen LogP contribution in [0, 0.1) is 12.3 Å². The van der Waals surface area contributed by atoms with Crippen molar-refractivity contribution in [3.05, 3.63) is 41.4 Å². The summed E-state index contributed by atoms with van der Waals surface area (Å²) < 4.78 is 5.52. The smallest absolute Gasteiger partial charge is 0.185 e. The number of rotatable bonds is 6. The molecule has 1 unspecified atom stereocenters. The number of ether oxygens (including phenoxy) is 1. The fraction of sp³-hybridized carbons (Fsp3) is 0.421. The molecule has 1 aliphatic rings. The topological polar surface area (TPSA) is 37.4 Å². The van der Waals surface area contributed by atoms with Gasteiger partial charge in [-0.1, -0.05) is 18.1 Å². The van der Waals surface area contributed by atoms with Crippen molar-refractivity contribution in [1.29, 1.82) is 0 Å². The molecule has 1 atom stereocenters. The highest BCUT2D eigenvalue weighted by Gasteiger charge is 2.22. The molecule has 126 valence electrons. The highest BCUT2D eigenvalue weighted by atomic mass is 32.1. The zero-order valence-corrected chi connectivity index (χ0v) is 14.8. The van der Waals surface area contributed by atoms with Gasteiger partial charge in [-0.15, -0.1) is 17.8 Å². The number of anilines is 1. The lowest BCUT2D eigenvalue weighted by Gasteiger charge is -2.34. The molecule has 1 N–H and O–H groups in total. The predicted octanol–water partition coefficient (Wildman–Crippen LogP) is 3.47. The predicted molar refractivity (Wildman–Crippen MR) is 99.7 cm³/mol. The second kappa shape index (κ2) is 8.18. The SMILES string of the molecule is C#CCOc1cccc(C(C)NC2CCN(c3nccs3)CC2)c1. The van der Waals surface area contributed by atoms with Crippen LogP contribution in [-0.2, 0) is 0 Å². The molecule has 1 saturated heterocycles. The molecule has 0 saturated carbocycles. The van der Waals surface area contributed by atoms with Gasteiger partial charge in [-0.3, -0.25) is 0 Å². The fourth-order valence-electron chi connectivity index (χ4n) is 3.06. The van der Waals surface area contributed by atoms with Crippen LogP contribution in [0.3, 0.4) is 0 Å². The Labute approximate surface area is 147 Å². The van der Waals surface area contributed by atoms with Gasteiger partial charge < -0.3 is 15.0 Å². The van der Waals surface area contributed by atoms with Gasteiger partial charge in [-0.25, -0.2) is 4.98 Å². The number of thiazole rings is 1. The molecule has 4 nitrogen and oxygen atoms in total. The summed E-state index contributed by atoms with van der Waals surface area (Å²) in [7, 11) is 0. The van der Waals surface area contributed by atoms with Gasteiger partial charge in [0.15, 0.2) is 5.13 Å². The second-order valence-corrected chi connectivity index (χ2v) is 6.90. The number of piperidine rings is 1.